The van der Waals surface area contributed by atoms with Crippen LogP contribution in [0.4, 0.5) is 0 Å². The number of hydrogen-bond acceptors (Lipinski definition) is 2. The van der Waals surface area contributed by atoms with Crippen LogP contribution in [0.2, 0.25) is 0 Å². The average Bonchev–Trinajstić information content (AvgIpc) is 2.21. The van der Waals surface area contributed by atoms with Crippen molar-refractivity contribution in [2.45, 2.75) is 44.9 Å². The topological polar surface area (TPSA) is 23.5 Å². The Morgan fingerprint density at radius 1 is 1.47 bits per heavy atom. The summed E-state index contributed by atoms with van der Waals surface area (Å²) in [5.41, 5.74) is 1.41. The highest BCUT2D eigenvalue weighted by Crippen LogP contribution is 2.29. The second-order valence-corrected chi connectivity index (χ2v) is 6.43. The zero-order chi connectivity index (χ0) is 12.5. The van der Waals surface area contributed by atoms with E-state index in [1.807, 2.05) is 0 Å². The second kappa shape index (κ2) is 5.09. The molecule has 3 heteroatoms. The van der Waals surface area contributed by atoms with E-state index < -0.39 is 0 Å². The number of piperidine rings is 1. The molecule has 1 saturated heterocycles. The van der Waals surface area contributed by atoms with Crippen LogP contribution in [-0.4, -0.2) is 28.2 Å². The van der Waals surface area contributed by atoms with Crippen molar-refractivity contribution in [3.63, 3.8) is 0 Å². The van der Waals surface area contributed by atoms with Crippen LogP contribution in [0.15, 0.2) is 28.7 Å². The molecule has 1 aliphatic heterocycles. The lowest BCUT2D eigenvalue weighted by molar-refractivity contribution is -0.00718. The van der Waals surface area contributed by atoms with Gasteiger partial charge in [-0.15, -0.1) is 0 Å². The summed E-state index contributed by atoms with van der Waals surface area (Å²) in [4.78, 5) is 2.46. The number of hydrogen-bond donors (Lipinski definition) is 1. The van der Waals surface area contributed by atoms with Crippen molar-refractivity contribution in [3.8, 4) is 0 Å². The molecular formula is C14H20BrNO. The normalized spacial score (nSPS) is 24.8. The average molecular weight is 298 g/mol. The van der Waals surface area contributed by atoms with Gasteiger partial charge in [-0.25, -0.2) is 0 Å². The summed E-state index contributed by atoms with van der Waals surface area (Å²) in [5, 5.41) is 9.74. The van der Waals surface area contributed by atoms with E-state index in [0.717, 1.165) is 30.4 Å². The summed E-state index contributed by atoms with van der Waals surface area (Å²) < 4.78 is 1.13. The van der Waals surface area contributed by atoms with E-state index in [-0.39, 0.29) is 11.6 Å². The molecule has 0 spiro atoms. The Balaban J connectivity index is 2.08. The van der Waals surface area contributed by atoms with Gasteiger partial charge in [-0.05, 0) is 44.4 Å². The zero-order valence-corrected chi connectivity index (χ0v) is 12.1. The Labute approximate surface area is 112 Å². The number of rotatable bonds is 2. The number of aliphatic hydroxyl groups is 1. The van der Waals surface area contributed by atoms with E-state index in [1.165, 1.54) is 5.56 Å². The first-order valence-electron chi connectivity index (χ1n) is 6.15. The number of likely N-dealkylation sites (tertiary alicyclic amines) is 1. The first-order chi connectivity index (χ1) is 7.97. The maximum Gasteiger partial charge on any atom is 0.0569 e. The predicted octanol–water partition coefficient (Wildman–Crippen LogP) is 3.18. The van der Waals surface area contributed by atoms with Crippen LogP contribution in [0.3, 0.4) is 0 Å². The predicted molar refractivity (Wildman–Crippen MR) is 73.9 cm³/mol. The van der Waals surface area contributed by atoms with Gasteiger partial charge in [0.05, 0.1) is 6.10 Å². The van der Waals surface area contributed by atoms with E-state index in [9.17, 15) is 5.11 Å². The Bertz CT molecular complexity index is 392. The third-order valence-corrected chi connectivity index (χ3v) is 4.08. The third kappa shape index (κ3) is 3.30. The van der Waals surface area contributed by atoms with Crippen LogP contribution in [0, 0.1) is 0 Å². The minimum Gasteiger partial charge on any atom is -0.393 e. The first kappa shape index (κ1) is 13.1. The van der Waals surface area contributed by atoms with E-state index in [2.05, 4.69) is 58.9 Å². The highest BCUT2D eigenvalue weighted by atomic mass is 79.9. The molecule has 2 nitrogen and oxygen atoms in total. The second-order valence-electron chi connectivity index (χ2n) is 5.51. The van der Waals surface area contributed by atoms with Gasteiger partial charge < -0.3 is 5.11 Å². The molecule has 2 rings (SSSR count). The molecule has 0 amide bonds. The maximum atomic E-state index is 9.74. The lowest BCUT2D eigenvalue weighted by Crippen LogP contribution is -2.50. The molecule has 1 atom stereocenters. The van der Waals surface area contributed by atoms with E-state index in [1.54, 1.807) is 0 Å². The fourth-order valence-corrected chi connectivity index (χ4v) is 3.01. The standard InChI is InChI=1S/C14H20BrNO/c1-14(2)9-13(17)6-7-16(14)10-11-4-3-5-12(15)8-11/h3-5,8,13,17H,6-7,9-10H2,1-2H3. The Hall–Kier alpha value is -0.380. The lowest BCUT2D eigenvalue weighted by Gasteiger charge is -2.44. The number of nitrogens with zero attached hydrogens (tertiary/aromatic N) is 1. The molecule has 1 N–H and O–H groups in total. The van der Waals surface area contributed by atoms with Crippen molar-refractivity contribution < 1.29 is 5.11 Å². The smallest absolute Gasteiger partial charge is 0.0569 e. The first-order valence-corrected chi connectivity index (χ1v) is 6.94. The summed E-state index contributed by atoms with van der Waals surface area (Å²) >= 11 is 3.51. The van der Waals surface area contributed by atoms with Crippen LogP contribution in [0.5, 0.6) is 0 Å². The highest BCUT2D eigenvalue weighted by molar-refractivity contribution is 9.10. The fraction of sp³-hybridized carbons (Fsp3) is 0.571. The summed E-state index contributed by atoms with van der Waals surface area (Å²) in [6, 6.07) is 8.45. The number of benzene rings is 1. The summed E-state index contributed by atoms with van der Waals surface area (Å²) in [6.07, 6.45) is 1.61. The molecule has 0 bridgehead atoms. The maximum absolute atomic E-state index is 9.74. The molecule has 1 heterocycles. The summed E-state index contributed by atoms with van der Waals surface area (Å²) in [7, 11) is 0. The van der Waals surface area contributed by atoms with Gasteiger partial charge in [0, 0.05) is 23.1 Å². The van der Waals surface area contributed by atoms with Crippen molar-refractivity contribution in [3.05, 3.63) is 34.3 Å². The monoisotopic (exact) mass is 297 g/mol. The highest BCUT2D eigenvalue weighted by Gasteiger charge is 2.33. The molecule has 17 heavy (non-hydrogen) atoms. The van der Waals surface area contributed by atoms with Crippen LogP contribution in [0.25, 0.3) is 0 Å². The molecule has 1 unspecified atom stereocenters. The zero-order valence-electron chi connectivity index (χ0n) is 10.5. The summed E-state index contributed by atoms with van der Waals surface area (Å²) in [6.45, 7) is 6.36. The van der Waals surface area contributed by atoms with Gasteiger partial charge in [-0.3, -0.25) is 4.90 Å². The number of aliphatic hydroxyl groups excluding tert-OH is 1. The lowest BCUT2D eigenvalue weighted by atomic mass is 9.88. The molecule has 0 radical (unpaired) electrons. The largest absolute Gasteiger partial charge is 0.393 e. The quantitative estimate of drug-likeness (QED) is 0.906. The molecule has 1 aromatic carbocycles. The van der Waals surface area contributed by atoms with Crippen LogP contribution >= 0.6 is 15.9 Å². The Morgan fingerprint density at radius 2 is 2.24 bits per heavy atom. The van der Waals surface area contributed by atoms with Gasteiger partial charge in [-0.1, -0.05) is 28.1 Å². The van der Waals surface area contributed by atoms with E-state index in [4.69, 9.17) is 0 Å². The Kier molecular flexibility index (Phi) is 3.91. The molecule has 0 saturated carbocycles. The molecule has 1 fully saturated rings. The minimum atomic E-state index is -0.135. The van der Waals surface area contributed by atoms with Gasteiger partial charge in [0.2, 0.25) is 0 Å². The van der Waals surface area contributed by atoms with Crippen LogP contribution in [-0.2, 0) is 6.54 Å². The minimum absolute atomic E-state index is 0.0833. The third-order valence-electron chi connectivity index (χ3n) is 3.59. The van der Waals surface area contributed by atoms with Crippen molar-refractivity contribution in [2.75, 3.05) is 6.54 Å². The number of halogens is 1. The van der Waals surface area contributed by atoms with Gasteiger partial charge in [0.15, 0.2) is 0 Å². The van der Waals surface area contributed by atoms with Crippen molar-refractivity contribution in [2.24, 2.45) is 0 Å². The van der Waals surface area contributed by atoms with E-state index >= 15 is 0 Å². The summed E-state index contributed by atoms with van der Waals surface area (Å²) in [5.74, 6) is 0. The van der Waals surface area contributed by atoms with E-state index in [0.29, 0.717) is 0 Å². The van der Waals surface area contributed by atoms with Gasteiger partial charge in [0.1, 0.15) is 0 Å². The molecule has 1 aromatic rings. The SMILES string of the molecule is CC1(C)CC(O)CCN1Cc1cccc(Br)c1. The molecule has 0 aromatic heterocycles. The van der Waals surface area contributed by atoms with Crippen molar-refractivity contribution >= 4 is 15.9 Å². The molecule has 1 aliphatic rings. The van der Waals surface area contributed by atoms with Gasteiger partial charge in [-0.2, -0.15) is 0 Å². The van der Waals surface area contributed by atoms with Crippen LogP contribution in [0.1, 0.15) is 32.3 Å². The Morgan fingerprint density at radius 3 is 2.88 bits per heavy atom. The molecular weight excluding hydrogens is 278 g/mol. The molecule has 0 aliphatic carbocycles. The van der Waals surface area contributed by atoms with Crippen molar-refractivity contribution in [1.82, 2.24) is 4.90 Å². The fourth-order valence-electron chi connectivity index (χ4n) is 2.56. The van der Waals surface area contributed by atoms with Crippen LogP contribution < -0.4 is 0 Å². The molecule has 94 valence electrons. The van der Waals surface area contributed by atoms with Gasteiger partial charge in [0.25, 0.3) is 0 Å². The van der Waals surface area contributed by atoms with Gasteiger partial charge >= 0.3 is 0 Å². The van der Waals surface area contributed by atoms with Crippen molar-refractivity contribution in [1.29, 1.82) is 0 Å².